The van der Waals surface area contributed by atoms with E-state index in [0.717, 1.165) is 37.2 Å². The molecule has 0 amide bonds. The van der Waals surface area contributed by atoms with E-state index in [-0.39, 0.29) is 5.41 Å². The van der Waals surface area contributed by atoms with E-state index in [2.05, 4.69) is 20.8 Å². The van der Waals surface area contributed by atoms with Gasteiger partial charge in [0.15, 0.2) is 0 Å². The van der Waals surface area contributed by atoms with Crippen LogP contribution in [0.5, 0.6) is 0 Å². The van der Waals surface area contributed by atoms with Gasteiger partial charge in [-0.2, -0.15) is 0 Å². The molecule has 0 saturated carbocycles. The van der Waals surface area contributed by atoms with Crippen LogP contribution < -0.4 is 5.73 Å². The van der Waals surface area contributed by atoms with Gasteiger partial charge in [-0.15, -0.1) is 0 Å². The fraction of sp³-hybridized carbons (Fsp3) is 1.00. The van der Waals surface area contributed by atoms with Crippen molar-refractivity contribution in [1.82, 2.24) is 0 Å². The summed E-state index contributed by atoms with van der Waals surface area (Å²) in [5.74, 6) is 1.73. The number of nitrogens with two attached hydrogens (primary N) is 1. The van der Waals surface area contributed by atoms with Gasteiger partial charge in [0.2, 0.25) is 0 Å². The van der Waals surface area contributed by atoms with Crippen LogP contribution in [0.3, 0.4) is 0 Å². The average molecular weight is 219 g/mol. The van der Waals surface area contributed by atoms with Crippen molar-refractivity contribution in [3.8, 4) is 0 Å². The van der Waals surface area contributed by atoms with Gasteiger partial charge < -0.3 is 5.73 Å². The lowest BCUT2D eigenvalue weighted by Crippen LogP contribution is -2.24. The standard InChI is InChI=1S/C11H25NOS/c1-4-5-8-14(13)9-6-7-11(2,3)10-12/h4-10,12H2,1-3H3. The van der Waals surface area contributed by atoms with Crippen molar-refractivity contribution in [2.24, 2.45) is 11.1 Å². The van der Waals surface area contributed by atoms with E-state index in [4.69, 9.17) is 5.73 Å². The molecule has 0 aromatic heterocycles. The fourth-order valence-corrected chi connectivity index (χ4v) is 2.50. The first-order valence-corrected chi connectivity index (χ1v) is 7.05. The summed E-state index contributed by atoms with van der Waals surface area (Å²) >= 11 is 0. The van der Waals surface area contributed by atoms with Gasteiger partial charge in [0, 0.05) is 22.3 Å². The van der Waals surface area contributed by atoms with Crippen molar-refractivity contribution in [2.75, 3.05) is 18.1 Å². The molecule has 0 bridgehead atoms. The summed E-state index contributed by atoms with van der Waals surface area (Å²) in [7, 11) is -0.597. The zero-order valence-corrected chi connectivity index (χ0v) is 10.7. The Labute approximate surface area is 91.1 Å². The second-order valence-electron chi connectivity index (χ2n) is 4.67. The largest absolute Gasteiger partial charge is 0.330 e. The van der Waals surface area contributed by atoms with Gasteiger partial charge in [0.05, 0.1) is 0 Å². The smallest absolute Gasteiger partial charge is 0.0235 e. The van der Waals surface area contributed by atoms with E-state index >= 15 is 0 Å². The van der Waals surface area contributed by atoms with E-state index in [0.29, 0.717) is 6.54 Å². The predicted octanol–water partition coefficient (Wildman–Crippen LogP) is 2.30. The van der Waals surface area contributed by atoms with Gasteiger partial charge in [0.1, 0.15) is 0 Å². The molecule has 14 heavy (non-hydrogen) atoms. The Morgan fingerprint density at radius 1 is 1.21 bits per heavy atom. The van der Waals surface area contributed by atoms with Crippen LogP contribution in [-0.4, -0.2) is 22.3 Å². The zero-order valence-electron chi connectivity index (χ0n) is 9.84. The van der Waals surface area contributed by atoms with Gasteiger partial charge >= 0.3 is 0 Å². The Morgan fingerprint density at radius 3 is 2.29 bits per heavy atom. The van der Waals surface area contributed by atoms with E-state index < -0.39 is 10.8 Å². The molecule has 0 aliphatic heterocycles. The van der Waals surface area contributed by atoms with Crippen LogP contribution in [0, 0.1) is 5.41 Å². The first kappa shape index (κ1) is 14.1. The highest BCUT2D eigenvalue weighted by Crippen LogP contribution is 2.20. The van der Waals surface area contributed by atoms with Crippen LogP contribution in [0.15, 0.2) is 0 Å². The van der Waals surface area contributed by atoms with Crippen LogP contribution in [0.2, 0.25) is 0 Å². The van der Waals surface area contributed by atoms with Crippen molar-refractivity contribution in [1.29, 1.82) is 0 Å². The highest BCUT2D eigenvalue weighted by Gasteiger charge is 2.15. The number of rotatable bonds is 8. The molecule has 2 nitrogen and oxygen atoms in total. The Bertz CT molecular complexity index is 169. The monoisotopic (exact) mass is 219 g/mol. The lowest BCUT2D eigenvalue weighted by molar-refractivity contribution is 0.344. The van der Waals surface area contributed by atoms with E-state index in [9.17, 15) is 4.21 Å². The van der Waals surface area contributed by atoms with Crippen molar-refractivity contribution in [2.45, 2.75) is 46.5 Å². The molecule has 0 radical (unpaired) electrons. The maximum Gasteiger partial charge on any atom is 0.0235 e. The van der Waals surface area contributed by atoms with Gasteiger partial charge in [-0.1, -0.05) is 27.2 Å². The SMILES string of the molecule is CCCCS(=O)CCCC(C)(C)CN. The average Bonchev–Trinajstić information content (AvgIpc) is 2.14. The van der Waals surface area contributed by atoms with Crippen molar-refractivity contribution >= 4 is 10.8 Å². The molecule has 0 fully saturated rings. The first-order valence-electron chi connectivity index (χ1n) is 5.57. The molecule has 0 aliphatic carbocycles. The quantitative estimate of drug-likeness (QED) is 0.680. The van der Waals surface area contributed by atoms with Gasteiger partial charge in [-0.25, -0.2) is 0 Å². The molecular weight excluding hydrogens is 194 g/mol. The van der Waals surface area contributed by atoms with E-state index in [1.54, 1.807) is 0 Å². The number of hydrogen-bond acceptors (Lipinski definition) is 2. The Morgan fingerprint density at radius 2 is 1.79 bits per heavy atom. The Hall–Kier alpha value is 0.110. The molecule has 86 valence electrons. The number of hydrogen-bond donors (Lipinski definition) is 1. The molecular formula is C11H25NOS. The molecule has 3 heteroatoms. The summed E-state index contributed by atoms with van der Waals surface area (Å²) in [6.07, 6.45) is 4.36. The normalized spacial score (nSPS) is 14.3. The van der Waals surface area contributed by atoms with Crippen LogP contribution >= 0.6 is 0 Å². The molecule has 0 rings (SSSR count). The molecule has 1 unspecified atom stereocenters. The lowest BCUT2D eigenvalue weighted by atomic mass is 9.88. The van der Waals surface area contributed by atoms with Gasteiger partial charge in [-0.05, 0) is 31.2 Å². The van der Waals surface area contributed by atoms with Crippen LogP contribution in [0.25, 0.3) is 0 Å². The van der Waals surface area contributed by atoms with Crippen LogP contribution in [-0.2, 0) is 10.8 Å². The lowest BCUT2D eigenvalue weighted by Gasteiger charge is -2.21. The topological polar surface area (TPSA) is 43.1 Å². The number of unbranched alkanes of at least 4 members (excludes halogenated alkanes) is 1. The molecule has 0 aromatic carbocycles. The van der Waals surface area contributed by atoms with Gasteiger partial charge in [-0.3, -0.25) is 4.21 Å². The van der Waals surface area contributed by atoms with E-state index in [1.165, 1.54) is 0 Å². The van der Waals surface area contributed by atoms with Crippen LogP contribution in [0.4, 0.5) is 0 Å². The molecule has 0 aliphatic rings. The minimum atomic E-state index is -0.597. The summed E-state index contributed by atoms with van der Waals surface area (Å²) < 4.78 is 11.5. The Balaban J connectivity index is 3.49. The summed E-state index contributed by atoms with van der Waals surface area (Å²) in [5.41, 5.74) is 5.84. The third-order valence-electron chi connectivity index (χ3n) is 2.50. The minimum absolute atomic E-state index is 0.217. The predicted molar refractivity (Wildman–Crippen MR) is 64.9 cm³/mol. The van der Waals surface area contributed by atoms with Crippen LogP contribution in [0.1, 0.15) is 46.5 Å². The summed E-state index contributed by atoms with van der Waals surface area (Å²) in [6.45, 7) is 7.19. The maximum absolute atomic E-state index is 11.5. The first-order chi connectivity index (χ1) is 6.52. The molecule has 0 saturated heterocycles. The van der Waals surface area contributed by atoms with Crippen molar-refractivity contribution in [3.63, 3.8) is 0 Å². The second kappa shape index (κ2) is 7.41. The third kappa shape index (κ3) is 7.51. The summed E-state index contributed by atoms with van der Waals surface area (Å²) in [6, 6.07) is 0. The van der Waals surface area contributed by atoms with Crippen molar-refractivity contribution < 1.29 is 4.21 Å². The molecule has 0 aromatic rings. The highest BCUT2D eigenvalue weighted by atomic mass is 32.2. The fourth-order valence-electron chi connectivity index (χ4n) is 1.22. The molecule has 0 heterocycles. The molecule has 0 spiro atoms. The minimum Gasteiger partial charge on any atom is -0.330 e. The van der Waals surface area contributed by atoms with E-state index in [1.807, 2.05) is 0 Å². The second-order valence-corrected chi connectivity index (χ2v) is 6.37. The summed E-state index contributed by atoms with van der Waals surface area (Å²) in [5, 5.41) is 0. The summed E-state index contributed by atoms with van der Waals surface area (Å²) in [4.78, 5) is 0. The Kier molecular flexibility index (Phi) is 7.47. The maximum atomic E-state index is 11.5. The molecule has 1 atom stereocenters. The highest BCUT2D eigenvalue weighted by molar-refractivity contribution is 7.84. The molecule has 2 N–H and O–H groups in total. The third-order valence-corrected chi connectivity index (χ3v) is 3.99. The van der Waals surface area contributed by atoms with Crippen molar-refractivity contribution in [3.05, 3.63) is 0 Å². The van der Waals surface area contributed by atoms with Gasteiger partial charge in [0.25, 0.3) is 0 Å². The zero-order chi connectivity index (χ0) is 11.0.